The molecule has 114 valence electrons. The van der Waals surface area contributed by atoms with Gasteiger partial charge < -0.3 is 11.1 Å². The van der Waals surface area contributed by atoms with E-state index in [9.17, 15) is 0 Å². The number of guanidine groups is 1. The van der Waals surface area contributed by atoms with Crippen LogP contribution in [0.15, 0.2) is 40.7 Å². The average Bonchev–Trinajstić information content (AvgIpc) is 2.84. The van der Waals surface area contributed by atoms with Gasteiger partial charge in [0.15, 0.2) is 5.96 Å². The van der Waals surface area contributed by atoms with E-state index in [2.05, 4.69) is 27.4 Å². The minimum atomic E-state index is -0.0777. The van der Waals surface area contributed by atoms with Crippen LogP contribution in [0.4, 0.5) is 0 Å². The van der Waals surface area contributed by atoms with Gasteiger partial charge in [-0.2, -0.15) is 0 Å². The second kappa shape index (κ2) is 7.74. The summed E-state index contributed by atoms with van der Waals surface area (Å²) >= 11 is 1.60. The van der Waals surface area contributed by atoms with Crippen LogP contribution in [0.25, 0.3) is 11.3 Å². The van der Waals surface area contributed by atoms with E-state index < -0.39 is 0 Å². The van der Waals surface area contributed by atoms with E-state index >= 15 is 0 Å². The Morgan fingerprint density at radius 2 is 1.95 bits per heavy atom. The lowest BCUT2D eigenvalue weighted by Gasteiger charge is -2.20. The highest BCUT2D eigenvalue weighted by Crippen LogP contribution is 2.21. The van der Waals surface area contributed by atoms with Crippen molar-refractivity contribution in [3.63, 3.8) is 0 Å². The second-order valence-electron chi connectivity index (χ2n) is 5.57. The number of aliphatic imine (C=N–C) groups is 1. The van der Waals surface area contributed by atoms with Gasteiger partial charge in [-0.05, 0) is 20.8 Å². The van der Waals surface area contributed by atoms with Gasteiger partial charge in [-0.1, -0.05) is 30.3 Å². The zero-order chi connectivity index (χ0) is 14.6. The predicted molar refractivity (Wildman–Crippen MR) is 101 cm³/mol. The highest BCUT2D eigenvalue weighted by molar-refractivity contribution is 14.0. The van der Waals surface area contributed by atoms with Crippen LogP contribution in [0.2, 0.25) is 0 Å². The smallest absolute Gasteiger partial charge is 0.189 e. The Morgan fingerprint density at radius 3 is 2.57 bits per heavy atom. The van der Waals surface area contributed by atoms with Crippen molar-refractivity contribution in [3.8, 4) is 11.3 Å². The Kier molecular flexibility index (Phi) is 6.60. The Hall–Kier alpha value is -1.15. The van der Waals surface area contributed by atoms with E-state index in [1.54, 1.807) is 11.3 Å². The van der Waals surface area contributed by atoms with Crippen LogP contribution in [0, 0.1) is 0 Å². The van der Waals surface area contributed by atoms with E-state index in [1.165, 1.54) is 0 Å². The first kappa shape index (κ1) is 17.9. The van der Waals surface area contributed by atoms with Crippen LogP contribution in [-0.4, -0.2) is 16.5 Å². The predicted octanol–water partition coefficient (Wildman–Crippen LogP) is 3.63. The molecule has 0 radical (unpaired) electrons. The van der Waals surface area contributed by atoms with Gasteiger partial charge in [-0.3, -0.25) is 0 Å². The number of rotatable bonds is 3. The van der Waals surface area contributed by atoms with Crippen LogP contribution in [0.5, 0.6) is 0 Å². The molecular weight excluding hydrogens is 395 g/mol. The quantitative estimate of drug-likeness (QED) is 0.456. The molecular formula is C15H21IN4S. The van der Waals surface area contributed by atoms with Crippen LogP contribution >= 0.6 is 35.3 Å². The van der Waals surface area contributed by atoms with E-state index in [-0.39, 0.29) is 29.5 Å². The Bertz CT molecular complexity index is 587. The lowest BCUT2D eigenvalue weighted by Crippen LogP contribution is -2.44. The van der Waals surface area contributed by atoms with Crippen molar-refractivity contribution < 1.29 is 0 Å². The van der Waals surface area contributed by atoms with Crippen molar-refractivity contribution in [2.75, 3.05) is 0 Å². The van der Waals surface area contributed by atoms with Crippen molar-refractivity contribution in [1.29, 1.82) is 0 Å². The summed E-state index contributed by atoms with van der Waals surface area (Å²) < 4.78 is 0. The van der Waals surface area contributed by atoms with Gasteiger partial charge in [0.1, 0.15) is 5.01 Å². The third-order valence-corrected chi connectivity index (χ3v) is 3.34. The third-order valence-electron chi connectivity index (χ3n) is 2.51. The number of halogens is 1. The molecule has 0 spiro atoms. The fraction of sp³-hybridized carbons (Fsp3) is 0.333. The number of nitrogens with one attached hydrogen (secondary N) is 1. The summed E-state index contributed by atoms with van der Waals surface area (Å²) in [6, 6.07) is 10.1. The molecule has 3 N–H and O–H groups in total. The van der Waals surface area contributed by atoms with Gasteiger partial charge in [-0.25, -0.2) is 9.98 Å². The molecule has 2 rings (SSSR count). The topological polar surface area (TPSA) is 63.3 Å². The van der Waals surface area contributed by atoms with Gasteiger partial charge in [0.25, 0.3) is 0 Å². The minimum Gasteiger partial charge on any atom is -0.370 e. The Labute approximate surface area is 146 Å². The molecule has 0 bridgehead atoms. The lowest BCUT2D eigenvalue weighted by molar-refractivity contribution is 0.508. The number of aromatic nitrogens is 1. The first-order valence-electron chi connectivity index (χ1n) is 6.52. The number of thiazole rings is 1. The molecule has 0 atom stereocenters. The average molecular weight is 416 g/mol. The first-order valence-corrected chi connectivity index (χ1v) is 7.40. The van der Waals surface area contributed by atoms with Crippen molar-refractivity contribution in [3.05, 3.63) is 40.7 Å². The molecule has 0 aliphatic carbocycles. The molecule has 1 aromatic heterocycles. The molecule has 4 nitrogen and oxygen atoms in total. The summed E-state index contributed by atoms with van der Waals surface area (Å²) in [4.78, 5) is 8.90. The summed E-state index contributed by atoms with van der Waals surface area (Å²) in [5, 5.41) is 6.14. The molecule has 2 aromatic rings. The van der Waals surface area contributed by atoms with Crippen molar-refractivity contribution in [2.24, 2.45) is 10.7 Å². The zero-order valence-corrected chi connectivity index (χ0v) is 15.6. The van der Waals surface area contributed by atoms with E-state index in [4.69, 9.17) is 5.73 Å². The van der Waals surface area contributed by atoms with Gasteiger partial charge >= 0.3 is 0 Å². The third kappa shape index (κ3) is 6.01. The highest BCUT2D eigenvalue weighted by atomic mass is 127. The van der Waals surface area contributed by atoms with Gasteiger partial charge in [-0.15, -0.1) is 35.3 Å². The molecule has 0 unspecified atom stereocenters. The number of hydrogen-bond acceptors (Lipinski definition) is 3. The molecule has 0 aliphatic heterocycles. The number of nitrogens with two attached hydrogens (primary N) is 1. The second-order valence-corrected chi connectivity index (χ2v) is 6.51. The molecule has 1 heterocycles. The number of hydrogen-bond donors (Lipinski definition) is 2. The Morgan fingerprint density at radius 1 is 1.29 bits per heavy atom. The Balaban J connectivity index is 0.00000220. The molecule has 1 aromatic carbocycles. The molecule has 21 heavy (non-hydrogen) atoms. The largest absolute Gasteiger partial charge is 0.370 e. The molecule has 0 aliphatic rings. The van der Waals surface area contributed by atoms with Gasteiger partial charge in [0, 0.05) is 16.5 Å². The van der Waals surface area contributed by atoms with Crippen LogP contribution in [-0.2, 0) is 6.54 Å². The van der Waals surface area contributed by atoms with Crippen molar-refractivity contribution >= 4 is 41.3 Å². The molecule has 0 fully saturated rings. The van der Waals surface area contributed by atoms with E-state index in [0.29, 0.717) is 12.5 Å². The normalized spacial score (nSPS) is 11.9. The maximum absolute atomic E-state index is 5.84. The van der Waals surface area contributed by atoms with Crippen molar-refractivity contribution in [2.45, 2.75) is 32.9 Å². The SMILES string of the molecule is CC(C)(C)NC(N)=NCc1nc(-c2ccccc2)cs1.I. The van der Waals surface area contributed by atoms with Crippen LogP contribution < -0.4 is 11.1 Å². The molecule has 0 saturated carbocycles. The zero-order valence-electron chi connectivity index (χ0n) is 12.5. The van der Waals surface area contributed by atoms with Crippen LogP contribution in [0.3, 0.4) is 0 Å². The van der Waals surface area contributed by atoms with Crippen molar-refractivity contribution in [1.82, 2.24) is 10.3 Å². The fourth-order valence-electron chi connectivity index (χ4n) is 1.70. The first-order chi connectivity index (χ1) is 9.44. The number of benzene rings is 1. The summed E-state index contributed by atoms with van der Waals surface area (Å²) in [6.45, 7) is 6.65. The van der Waals surface area contributed by atoms with Gasteiger partial charge in [0.05, 0.1) is 12.2 Å². The summed E-state index contributed by atoms with van der Waals surface area (Å²) in [5.41, 5.74) is 7.88. The molecule has 0 amide bonds. The monoisotopic (exact) mass is 416 g/mol. The van der Waals surface area contributed by atoms with E-state index in [1.807, 2.05) is 44.4 Å². The van der Waals surface area contributed by atoms with Crippen LogP contribution in [0.1, 0.15) is 25.8 Å². The summed E-state index contributed by atoms with van der Waals surface area (Å²) in [5.74, 6) is 0.453. The standard InChI is InChI=1S/C15H20N4S.HI/c1-15(2,3)19-14(16)17-9-13-18-12(10-20-13)11-7-5-4-6-8-11;/h4-8,10H,9H2,1-3H3,(H3,16,17,19);1H. The summed E-state index contributed by atoms with van der Waals surface area (Å²) in [7, 11) is 0. The molecule has 6 heteroatoms. The molecule has 0 saturated heterocycles. The summed E-state index contributed by atoms with van der Waals surface area (Å²) in [6.07, 6.45) is 0. The van der Waals surface area contributed by atoms with Gasteiger partial charge in [0.2, 0.25) is 0 Å². The highest BCUT2D eigenvalue weighted by Gasteiger charge is 2.10. The maximum Gasteiger partial charge on any atom is 0.189 e. The fourth-order valence-corrected chi connectivity index (χ4v) is 2.43. The number of nitrogens with zero attached hydrogens (tertiary/aromatic N) is 2. The van der Waals surface area contributed by atoms with E-state index in [0.717, 1.165) is 16.3 Å². The lowest BCUT2D eigenvalue weighted by atomic mass is 10.1. The maximum atomic E-state index is 5.84. The minimum absolute atomic E-state index is 0.